The maximum Gasteiger partial charge on any atom is 0.264 e. The highest BCUT2D eigenvalue weighted by atomic mass is 32.1. The molecule has 0 bridgehead atoms. The highest BCUT2D eigenvalue weighted by Crippen LogP contribution is 2.20. The molecule has 1 aromatic carbocycles. The van der Waals surface area contributed by atoms with Gasteiger partial charge in [0.15, 0.2) is 0 Å². The minimum Gasteiger partial charge on any atom is -0.335 e. The van der Waals surface area contributed by atoms with E-state index in [1.807, 2.05) is 22.4 Å². The zero-order valence-corrected chi connectivity index (χ0v) is 14.6. The third kappa shape index (κ3) is 3.82. The first-order chi connectivity index (χ1) is 11.1. The molecule has 2 unspecified atom stereocenters. The van der Waals surface area contributed by atoms with Crippen LogP contribution in [0.25, 0.3) is 0 Å². The number of hydrogen-bond acceptors (Lipinski definition) is 3. The second-order valence-corrected chi connectivity index (χ2v) is 7.31. The minimum atomic E-state index is 0.182. The molecule has 2 atom stereocenters. The van der Waals surface area contributed by atoms with Crippen LogP contribution in [0.1, 0.15) is 29.1 Å². The summed E-state index contributed by atoms with van der Waals surface area (Å²) < 4.78 is 0. The molecule has 2 heterocycles. The Balaban J connectivity index is 1.60. The van der Waals surface area contributed by atoms with Crippen molar-refractivity contribution < 1.29 is 4.79 Å². The molecule has 2 aromatic rings. The van der Waals surface area contributed by atoms with E-state index in [-0.39, 0.29) is 5.91 Å². The van der Waals surface area contributed by atoms with Gasteiger partial charge in [0.25, 0.3) is 5.91 Å². The molecule has 0 saturated carbocycles. The van der Waals surface area contributed by atoms with Crippen molar-refractivity contribution in [3.8, 4) is 0 Å². The fourth-order valence-electron chi connectivity index (χ4n) is 3.42. The molecule has 3 nitrogen and oxygen atoms in total. The van der Waals surface area contributed by atoms with Gasteiger partial charge in [0.05, 0.1) is 4.88 Å². The minimum absolute atomic E-state index is 0.182. The summed E-state index contributed by atoms with van der Waals surface area (Å²) >= 11 is 1.53. The smallest absolute Gasteiger partial charge is 0.264 e. The molecule has 1 aromatic heterocycles. The molecule has 1 aliphatic heterocycles. The lowest BCUT2D eigenvalue weighted by molar-refractivity contribution is 0.0315. The van der Waals surface area contributed by atoms with Gasteiger partial charge in [0.1, 0.15) is 0 Å². The van der Waals surface area contributed by atoms with Gasteiger partial charge in [0.2, 0.25) is 0 Å². The Morgan fingerprint density at radius 3 is 2.39 bits per heavy atom. The number of nitrogens with zero attached hydrogens (tertiary/aromatic N) is 2. The summed E-state index contributed by atoms with van der Waals surface area (Å²) in [6, 6.07) is 15.3. The van der Waals surface area contributed by atoms with Crippen molar-refractivity contribution in [3.63, 3.8) is 0 Å². The average molecular weight is 328 g/mol. The molecular weight excluding hydrogens is 304 g/mol. The summed E-state index contributed by atoms with van der Waals surface area (Å²) in [5, 5.41) is 1.97. The van der Waals surface area contributed by atoms with Crippen molar-refractivity contribution in [3.05, 3.63) is 58.3 Å². The number of thiophene rings is 1. The highest BCUT2D eigenvalue weighted by Gasteiger charge is 2.32. The summed E-state index contributed by atoms with van der Waals surface area (Å²) in [4.78, 5) is 18.0. The Morgan fingerprint density at radius 2 is 1.78 bits per heavy atom. The summed E-state index contributed by atoms with van der Waals surface area (Å²) in [6.45, 7) is 7.14. The Hall–Kier alpha value is -1.65. The molecule has 0 N–H and O–H groups in total. The van der Waals surface area contributed by atoms with Gasteiger partial charge >= 0.3 is 0 Å². The van der Waals surface area contributed by atoms with Crippen molar-refractivity contribution in [1.29, 1.82) is 0 Å². The zero-order chi connectivity index (χ0) is 16.2. The van der Waals surface area contributed by atoms with Crippen LogP contribution in [0.3, 0.4) is 0 Å². The van der Waals surface area contributed by atoms with Gasteiger partial charge in [0, 0.05) is 31.7 Å². The maximum absolute atomic E-state index is 12.6. The van der Waals surface area contributed by atoms with Crippen LogP contribution in [-0.2, 0) is 6.42 Å². The van der Waals surface area contributed by atoms with Gasteiger partial charge in [-0.15, -0.1) is 11.3 Å². The van der Waals surface area contributed by atoms with Crippen molar-refractivity contribution >= 4 is 17.2 Å². The normalized spacial score (nSPS) is 22.3. The number of carbonyl (C=O) groups is 1. The van der Waals surface area contributed by atoms with Crippen LogP contribution < -0.4 is 0 Å². The van der Waals surface area contributed by atoms with E-state index in [9.17, 15) is 4.79 Å². The Morgan fingerprint density at radius 1 is 1.09 bits per heavy atom. The van der Waals surface area contributed by atoms with E-state index in [4.69, 9.17) is 0 Å². The van der Waals surface area contributed by atoms with E-state index >= 15 is 0 Å². The van der Waals surface area contributed by atoms with E-state index in [1.165, 1.54) is 16.9 Å². The monoisotopic (exact) mass is 328 g/mol. The van der Waals surface area contributed by atoms with E-state index in [1.54, 1.807) is 0 Å². The fourth-order valence-corrected chi connectivity index (χ4v) is 4.11. The van der Waals surface area contributed by atoms with Crippen LogP contribution in [0.15, 0.2) is 47.8 Å². The van der Waals surface area contributed by atoms with Gasteiger partial charge in [-0.1, -0.05) is 36.4 Å². The van der Waals surface area contributed by atoms with Crippen LogP contribution in [-0.4, -0.2) is 47.4 Å². The van der Waals surface area contributed by atoms with E-state index in [0.29, 0.717) is 12.1 Å². The lowest BCUT2D eigenvalue weighted by Crippen LogP contribution is -2.58. The molecule has 23 heavy (non-hydrogen) atoms. The van der Waals surface area contributed by atoms with Crippen molar-refractivity contribution in [2.24, 2.45) is 0 Å². The van der Waals surface area contributed by atoms with Crippen LogP contribution in [0.5, 0.6) is 0 Å². The van der Waals surface area contributed by atoms with Crippen LogP contribution in [0.2, 0.25) is 0 Å². The fraction of sp³-hybridized carbons (Fsp3) is 0.421. The largest absolute Gasteiger partial charge is 0.335 e. The van der Waals surface area contributed by atoms with Gasteiger partial charge in [-0.25, -0.2) is 0 Å². The summed E-state index contributed by atoms with van der Waals surface area (Å²) in [7, 11) is 0. The zero-order valence-electron chi connectivity index (χ0n) is 13.8. The van der Waals surface area contributed by atoms with E-state index in [0.717, 1.165) is 30.9 Å². The Bertz CT molecular complexity index is 614. The third-order valence-corrected chi connectivity index (χ3v) is 5.48. The van der Waals surface area contributed by atoms with Gasteiger partial charge < -0.3 is 4.90 Å². The first-order valence-electron chi connectivity index (χ1n) is 8.27. The van der Waals surface area contributed by atoms with E-state index in [2.05, 4.69) is 49.1 Å². The standard InChI is InChI=1S/C19H24N2OS/c1-15-13-20(19(22)18-9-6-12-23-18)14-16(2)21(15)11-10-17-7-4-3-5-8-17/h3-9,12,15-16H,10-11,13-14H2,1-2H3. The topological polar surface area (TPSA) is 23.6 Å². The number of rotatable bonds is 4. The Kier molecular flexibility index (Phi) is 5.13. The third-order valence-electron chi connectivity index (χ3n) is 4.62. The summed E-state index contributed by atoms with van der Waals surface area (Å²) in [5.74, 6) is 0.182. The maximum atomic E-state index is 12.6. The molecule has 3 rings (SSSR count). The van der Waals surface area contributed by atoms with Crippen molar-refractivity contribution in [1.82, 2.24) is 9.80 Å². The van der Waals surface area contributed by atoms with Crippen molar-refractivity contribution in [2.45, 2.75) is 32.4 Å². The van der Waals surface area contributed by atoms with E-state index < -0.39 is 0 Å². The molecule has 1 amide bonds. The first-order valence-corrected chi connectivity index (χ1v) is 9.15. The highest BCUT2D eigenvalue weighted by molar-refractivity contribution is 7.12. The molecule has 1 aliphatic rings. The number of benzene rings is 1. The van der Waals surface area contributed by atoms with Crippen LogP contribution in [0.4, 0.5) is 0 Å². The predicted molar refractivity (Wildman–Crippen MR) is 96.0 cm³/mol. The molecule has 122 valence electrons. The number of amides is 1. The lowest BCUT2D eigenvalue weighted by atomic mass is 10.1. The summed E-state index contributed by atoms with van der Waals surface area (Å²) in [6.07, 6.45) is 1.06. The van der Waals surface area contributed by atoms with Crippen LogP contribution >= 0.6 is 11.3 Å². The number of carbonyl (C=O) groups excluding carboxylic acids is 1. The Labute approximate surface area is 142 Å². The molecule has 1 saturated heterocycles. The average Bonchev–Trinajstić information content (AvgIpc) is 3.08. The number of hydrogen-bond donors (Lipinski definition) is 0. The lowest BCUT2D eigenvalue weighted by Gasteiger charge is -2.44. The summed E-state index contributed by atoms with van der Waals surface area (Å²) in [5.41, 5.74) is 1.38. The van der Waals surface area contributed by atoms with Crippen molar-refractivity contribution in [2.75, 3.05) is 19.6 Å². The molecule has 4 heteroatoms. The number of piperazine rings is 1. The predicted octanol–water partition coefficient (Wildman–Crippen LogP) is 3.53. The first kappa shape index (κ1) is 16.2. The molecule has 1 fully saturated rings. The second kappa shape index (κ2) is 7.28. The quantitative estimate of drug-likeness (QED) is 0.857. The second-order valence-electron chi connectivity index (χ2n) is 6.36. The molecule has 0 radical (unpaired) electrons. The molecular formula is C19H24N2OS. The van der Waals surface area contributed by atoms with Gasteiger partial charge in [-0.3, -0.25) is 9.69 Å². The van der Waals surface area contributed by atoms with Gasteiger partial charge in [-0.2, -0.15) is 0 Å². The molecule has 0 spiro atoms. The SMILES string of the molecule is CC1CN(C(=O)c2cccs2)CC(C)N1CCc1ccccc1. The molecule has 0 aliphatic carbocycles. The van der Waals surface area contributed by atoms with Crippen LogP contribution in [0, 0.1) is 0 Å². The van der Waals surface area contributed by atoms with Gasteiger partial charge in [-0.05, 0) is 37.3 Å².